The molecule has 3 aromatic rings. The van der Waals surface area contributed by atoms with Crippen molar-refractivity contribution < 1.29 is 18.3 Å². The van der Waals surface area contributed by atoms with E-state index in [1.54, 1.807) is 23.6 Å². The largest absolute Gasteiger partial charge is 0.395 e. The minimum absolute atomic E-state index is 0.0302. The summed E-state index contributed by atoms with van der Waals surface area (Å²) >= 11 is 0. The lowest BCUT2D eigenvalue weighted by molar-refractivity contribution is 0.0944. The fourth-order valence-electron chi connectivity index (χ4n) is 3.21. The number of rotatable bonds is 8. The summed E-state index contributed by atoms with van der Waals surface area (Å²) in [6.07, 6.45) is 0. The summed E-state index contributed by atoms with van der Waals surface area (Å²) in [6.45, 7) is 9.79. The van der Waals surface area contributed by atoms with Crippen LogP contribution in [0, 0.1) is 6.92 Å². The number of aromatic nitrogens is 4. The average Bonchev–Trinajstić information content (AvgIpc) is 3.31. The molecule has 1 amide bonds. The molecule has 4 N–H and O–H groups in total. The van der Waals surface area contributed by atoms with Crippen molar-refractivity contribution in [2.45, 2.75) is 50.8 Å². The summed E-state index contributed by atoms with van der Waals surface area (Å²) in [6, 6.07) is 6.41. The first-order valence-electron chi connectivity index (χ1n) is 10.4. The second kappa shape index (κ2) is 9.00. The molecule has 1 atom stereocenters. The molecule has 174 valence electrons. The molecule has 32 heavy (non-hydrogen) atoms. The Morgan fingerprint density at radius 3 is 2.62 bits per heavy atom. The van der Waals surface area contributed by atoms with E-state index in [2.05, 4.69) is 46.1 Å². The number of aliphatic hydroxyl groups excluding tert-OH is 1. The van der Waals surface area contributed by atoms with Gasteiger partial charge < -0.3 is 10.4 Å². The molecule has 0 bridgehead atoms. The van der Waals surface area contributed by atoms with Crippen LogP contribution in [-0.2, 0) is 15.4 Å². The molecule has 1 aromatic carbocycles. The Hall–Kier alpha value is -2.76. The molecule has 2 heterocycles. The molecule has 0 saturated carbocycles. The monoisotopic (exact) mass is 462 g/mol. The zero-order valence-corrected chi connectivity index (χ0v) is 19.7. The standard InChI is InChI=1S/C21H30N6O4S/c1-13-6-7-15(20(29)22-8-9-28)10-16(13)32(30,31)23-12-14(2)19-25-24-18-11-17(21(3,4)5)26-27(18)19/h6-7,10-11,14,23,26,28H,8-9,12H2,1-5H3,(H,22,29). The molecular weight excluding hydrogens is 432 g/mol. The van der Waals surface area contributed by atoms with E-state index in [4.69, 9.17) is 5.11 Å². The molecule has 2 aromatic heterocycles. The number of carbonyl (C=O) groups is 1. The zero-order chi connectivity index (χ0) is 23.7. The normalized spacial score (nSPS) is 13.4. The Balaban J connectivity index is 1.78. The number of hydrogen-bond donors (Lipinski definition) is 4. The van der Waals surface area contributed by atoms with E-state index in [1.807, 2.05) is 13.0 Å². The van der Waals surface area contributed by atoms with Crippen LogP contribution in [0.5, 0.6) is 0 Å². The van der Waals surface area contributed by atoms with E-state index in [1.165, 1.54) is 6.07 Å². The van der Waals surface area contributed by atoms with Crippen LogP contribution in [0.1, 0.15) is 61.1 Å². The van der Waals surface area contributed by atoms with Gasteiger partial charge in [0.05, 0.1) is 11.5 Å². The second-order valence-corrected chi connectivity index (χ2v) is 10.6. The van der Waals surface area contributed by atoms with Crippen molar-refractivity contribution in [3.05, 3.63) is 46.9 Å². The van der Waals surface area contributed by atoms with Crippen LogP contribution < -0.4 is 10.0 Å². The lowest BCUT2D eigenvalue weighted by Crippen LogP contribution is -2.30. The summed E-state index contributed by atoms with van der Waals surface area (Å²) in [5.41, 5.74) is 2.32. The number of benzene rings is 1. The van der Waals surface area contributed by atoms with Crippen molar-refractivity contribution in [2.75, 3.05) is 19.7 Å². The van der Waals surface area contributed by atoms with Gasteiger partial charge in [-0.2, -0.15) is 0 Å². The number of H-pyrrole nitrogens is 1. The van der Waals surface area contributed by atoms with Gasteiger partial charge >= 0.3 is 0 Å². The number of fused-ring (bicyclic) bond motifs is 1. The number of aromatic amines is 1. The fraction of sp³-hybridized carbons (Fsp3) is 0.476. The summed E-state index contributed by atoms with van der Waals surface area (Å²) < 4.78 is 30.4. The highest BCUT2D eigenvalue weighted by molar-refractivity contribution is 7.89. The van der Waals surface area contributed by atoms with E-state index in [-0.39, 0.29) is 41.5 Å². The lowest BCUT2D eigenvalue weighted by atomic mass is 9.93. The number of nitrogens with zero attached hydrogens (tertiary/aromatic N) is 3. The van der Waals surface area contributed by atoms with Gasteiger partial charge in [-0.25, -0.2) is 17.7 Å². The molecule has 0 radical (unpaired) electrons. The maximum atomic E-state index is 13.0. The molecule has 0 aliphatic carbocycles. The number of hydrogen-bond acceptors (Lipinski definition) is 6. The van der Waals surface area contributed by atoms with Gasteiger partial charge in [0.1, 0.15) is 0 Å². The van der Waals surface area contributed by atoms with Crippen molar-refractivity contribution in [1.82, 2.24) is 29.9 Å². The fourth-order valence-corrected chi connectivity index (χ4v) is 4.61. The first-order valence-corrected chi connectivity index (χ1v) is 11.9. The lowest BCUT2D eigenvalue weighted by Gasteiger charge is -2.16. The van der Waals surface area contributed by atoms with Gasteiger partial charge in [-0.1, -0.05) is 33.8 Å². The van der Waals surface area contributed by atoms with E-state index in [0.29, 0.717) is 17.0 Å². The van der Waals surface area contributed by atoms with Gasteiger partial charge in [0.25, 0.3) is 5.91 Å². The first kappa shape index (κ1) is 23.9. The maximum absolute atomic E-state index is 13.0. The third-order valence-electron chi connectivity index (χ3n) is 5.18. The Kier molecular flexibility index (Phi) is 6.72. The summed E-state index contributed by atoms with van der Waals surface area (Å²) in [4.78, 5) is 12.2. The van der Waals surface area contributed by atoms with Gasteiger partial charge in [-0.15, -0.1) is 10.2 Å². The molecule has 0 spiro atoms. The average molecular weight is 463 g/mol. The number of nitrogens with one attached hydrogen (secondary N) is 3. The van der Waals surface area contributed by atoms with Crippen LogP contribution in [0.4, 0.5) is 0 Å². The third kappa shape index (κ3) is 5.00. The van der Waals surface area contributed by atoms with E-state index >= 15 is 0 Å². The van der Waals surface area contributed by atoms with Crippen molar-refractivity contribution in [3.63, 3.8) is 0 Å². The van der Waals surface area contributed by atoms with Crippen LogP contribution in [0.2, 0.25) is 0 Å². The highest BCUT2D eigenvalue weighted by atomic mass is 32.2. The van der Waals surface area contributed by atoms with Gasteiger partial charge in [-0.05, 0) is 24.6 Å². The van der Waals surface area contributed by atoms with Gasteiger partial charge in [0, 0.05) is 41.7 Å². The third-order valence-corrected chi connectivity index (χ3v) is 6.75. The van der Waals surface area contributed by atoms with Gasteiger partial charge in [0.2, 0.25) is 10.0 Å². The van der Waals surface area contributed by atoms with Crippen LogP contribution in [0.15, 0.2) is 29.2 Å². The predicted octanol–water partition coefficient (Wildman–Crippen LogP) is 1.47. The predicted molar refractivity (Wildman–Crippen MR) is 120 cm³/mol. The number of aliphatic hydroxyl groups is 1. The maximum Gasteiger partial charge on any atom is 0.251 e. The minimum Gasteiger partial charge on any atom is -0.395 e. The molecule has 0 saturated heterocycles. The summed E-state index contributed by atoms with van der Waals surface area (Å²) in [7, 11) is -3.87. The number of aryl methyl sites for hydroxylation is 1. The van der Waals surface area contributed by atoms with Crippen LogP contribution in [-0.4, -0.2) is 58.9 Å². The van der Waals surface area contributed by atoms with Crippen molar-refractivity contribution in [3.8, 4) is 0 Å². The van der Waals surface area contributed by atoms with Gasteiger partial charge in [-0.3, -0.25) is 9.89 Å². The molecule has 1 unspecified atom stereocenters. The van der Waals surface area contributed by atoms with Gasteiger partial charge in [0.15, 0.2) is 11.5 Å². The summed E-state index contributed by atoms with van der Waals surface area (Å²) in [5.74, 6) is -0.0919. The van der Waals surface area contributed by atoms with Crippen molar-refractivity contribution in [1.29, 1.82) is 0 Å². The number of amides is 1. The van der Waals surface area contributed by atoms with E-state index in [0.717, 1.165) is 5.69 Å². The second-order valence-electron chi connectivity index (χ2n) is 8.88. The van der Waals surface area contributed by atoms with Crippen LogP contribution >= 0.6 is 0 Å². The SMILES string of the molecule is Cc1ccc(C(=O)NCCO)cc1S(=O)(=O)NCC(C)c1nnc2cc(C(C)(C)C)[nH]n12. The van der Waals surface area contributed by atoms with E-state index < -0.39 is 15.9 Å². The molecule has 0 aliphatic rings. The molecule has 3 rings (SSSR count). The van der Waals surface area contributed by atoms with Crippen molar-refractivity contribution >= 4 is 21.6 Å². The van der Waals surface area contributed by atoms with E-state index in [9.17, 15) is 13.2 Å². The Morgan fingerprint density at radius 2 is 1.97 bits per heavy atom. The zero-order valence-electron chi connectivity index (χ0n) is 18.9. The Labute approximate surface area is 187 Å². The Bertz CT molecular complexity index is 1220. The summed E-state index contributed by atoms with van der Waals surface area (Å²) in [5, 5.41) is 23.1. The molecule has 10 nitrogen and oxygen atoms in total. The Morgan fingerprint density at radius 1 is 1.25 bits per heavy atom. The quantitative estimate of drug-likeness (QED) is 0.399. The molecular formula is C21H30N6O4S. The highest BCUT2D eigenvalue weighted by Gasteiger charge is 2.24. The van der Waals surface area contributed by atoms with Crippen LogP contribution in [0.3, 0.4) is 0 Å². The first-order chi connectivity index (χ1) is 14.9. The number of sulfonamides is 1. The topological polar surface area (TPSA) is 141 Å². The molecule has 0 aliphatic heterocycles. The van der Waals surface area contributed by atoms with Crippen LogP contribution in [0.25, 0.3) is 5.65 Å². The van der Waals surface area contributed by atoms with Crippen molar-refractivity contribution in [2.24, 2.45) is 0 Å². The number of carbonyl (C=O) groups excluding carboxylic acids is 1. The molecule has 11 heteroatoms. The smallest absolute Gasteiger partial charge is 0.251 e. The molecule has 0 fully saturated rings. The minimum atomic E-state index is -3.87. The highest BCUT2D eigenvalue weighted by Crippen LogP contribution is 2.24.